The summed E-state index contributed by atoms with van der Waals surface area (Å²) in [5.41, 5.74) is 0.626. The molecule has 3 rings (SSSR count). The Morgan fingerprint density at radius 2 is 1.79 bits per heavy atom. The lowest BCUT2D eigenvalue weighted by atomic mass is 10.1. The smallest absolute Gasteiger partial charge is 0.337 e. The zero-order valence-electron chi connectivity index (χ0n) is 18.9. The van der Waals surface area contributed by atoms with E-state index in [0.29, 0.717) is 22.9 Å². The highest BCUT2D eigenvalue weighted by atomic mass is 35.5. The van der Waals surface area contributed by atoms with Gasteiger partial charge in [-0.05, 0) is 55.0 Å². The molecule has 0 bridgehead atoms. The second kappa shape index (κ2) is 11.5. The second-order valence-corrected chi connectivity index (χ2v) is 8.02. The van der Waals surface area contributed by atoms with Gasteiger partial charge in [-0.25, -0.2) is 14.5 Å². The first-order chi connectivity index (χ1) is 16.3. The van der Waals surface area contributed by atoms with Crippen molar-refractivity contribution in [3.05, 3.63) is 64.2 Å². The summed E-state index contributed by atoms with van der Waals surface area (Å²) in [6.07, 6.45) is 5.48. The predicted octanol–water partition coefficient (Wildman–Crippen LogP) is 4.75. The number of ether oxygens (including phenoxy) is 2. The van der Waals surface area contributed by atoms with E-state index in [0.717, 1.165) is 30.6 Å². The minimum atomic E-state index is -0.892. The van der Waals surface area contributed by atoms with E-state index < -0.39 is 23.8 Å². The monoisotopic (exact) mass is 484 g/mol. The van der Waals surface area contributed by atoms with Gasteiger partial charge in [0.25, 0.3) is 11.8 Å². The molecule has 0 radical (unpaired) electrons. The minimum absolute atomic E-state index is 0.187. The number of hydrogen-bond acceptors (Lipinski definition) is 6. The molecule has 1 aliphatic rings. The molecule has 9 heteroatoms. The lowest BCUT2D eigenvalue weighted by molar-refractivity contribution is -0.122. The Bertz CT molecular complexity index is 1130. The third-order valence-electron chi connectivity index (χ3n) is 5.18. The van der Waals surface area contributed by atoms with Gasteiger partial charge in [0.2, 0.25) is 0 Å². The molecular formula is C25H25ClN2O6. The zero-order valence-corrected chi connectivity index (χ0v) is 19.7. The number of nitrogens with zero attached hydrogens (tertiary/aromatic N) is 1. The topological polar surface area (TPSA) is 102 Å². The lowest BCUT2D eigenvalue weighted by Crippen LogP contribution is -2.54. The number of unbranched alkanes of at least 4 members (excludes halogenated alkanes) is 3. The molecule has 0 unspecified atom stereocenters. The number of nitrogens with one attached hydrogen (secondary N) is 1. The Balaban J connectivity index is 1.89. The predicted molar refractivity (Wildman–Crippen MR) is 128 cm³/mol. The number of hydrogen-bond donors (Lipinski definition) is 1. The SMILES string of the molecule is CCCCCCOc1ccc(Cl)cc1C=C1C(=O)NC(=O)N(c2ccc(C(=O)OC)cc2)C1=O. The minimum Gasteiger partial charge on any atom is -0.493 e. The molecule has 0 atom stereocenters. The molecule has 2 aromatic rings. The zero-order chi connectivity index (χ0) is 24.7. The van der Waals surface area contributed by atoms with E-state index in [-0.39, 0.29) is 16.8 Å². The van der Waals surface area contributed by atoms with E-state index in [4.69, 9.17) is 16.3 Å². The van der Waals surface area contributed by atoms with Crippen LogP contribution in [0, 0.1) is 0 Å². The molecule has 1 saturated heterocycles. The molecule has 2 aromatic carbocycles. The number of halogens is 1. The highest BCUT2D eigenvalue weighted by Gasteiger charge is 2.37. The summed E-state index contributed by atoms with van der Waals surface area (Å²) in [5, 5.41) is 2.57. The van der Waals surface area contributed by atoms with Crippen molar-refractivity contribution in [3.8, 4) is 5.75 Å². The van der Waals surface area contributed by atoms with Crippen LogP contribution >= 0.6 is 11.6 Å². The van der Waals surface area contributed by atoms with Crippen molar-refractivity contribution in [1.29, 1.82) is 0 Å². The number of anilines is 1. The largest absolute Gasteiger partial charge is 0.493 e. The van der Waals surface area contributed by atoms with Crippen LogP contribution in [0.5, 0.6) is 5.75 Å². The van der Waals surface area contributed by atoms with Crippen LogP contribution in [-0.4, -0.2) is 37.5 Å². The van der Waals surface area contributed by atoms with Crippen molar-refractivity contribution >= 4 is 47.2 Å². The van der Waals surface area contributed by atoms with Gasteiger partial charge in [0.1, 0.15) is 11.3 Å². The third-order valence-corrected chi connectivity index (χ3v) is 5.41. The van der Waals surface area contributed by atoms with E-state index in [1.165, 1.54) is 37.5 Å². The number of imide groups is 2. The molecule has 0 spiro atoms. The Hall–Kier alpha value is -3.65. The molecule has 178 valence electrons. The van der Waals surface area contributed by atoms with Crippen LogP contribution in [0.4, 0.5) is 10.5 Å². The van der Waals surface area contributed by atoms with Gasteiger partial charge in [-0.1, -0.05) is 37.8 Å². The molecule has 1 aliphatic heterocycles. The van der Waals surface area contributed by atoms with Gasteiger partial charge in [0.15, 0.2) is 0 Å². The highest BCUT2D eigenvalue weighted by Crippen LogP contribution is 2.28. The van der Waals surface area contributed by atoms with Crippen molar-refractivity contribution in [2.75, 3.05) is 18.6 Å². The number of benzene rings is 2. The summed E-state index contributed by atoms with van der Waals surface area (Å²) in [7, 11) is 1.25. The van der Waals surface area contributed by atoms with Gasteiger partial charge in [0.05, 0.1) is 25.0 Å². The standard InChI is InChI=1S/C25H25ClN2O6/c1-3-4-5-6-13-34-21-12-9-18(26)14-17(21)15-20-22(29)27-25(32)28(23(20)30)19-10-7-16(8-11-19)24(31)33-2/h7-12,14-15H,3-6,13H2,1-2H3,(H,27,29,32). The maximum atomic E-state index is 13.2. The number of amides is 4. The maximum absolute atomic E-state index is 13.2. The number of carbonyl (C=O) groups excluding carboxylic acids is 4. The van der Waals surface area contributed by atoms with Gasteiger partial charge in [-0.3, -0.25) is 14.9 Å². The fourth-order valence-electron chi connectivity index (χ4n) is 3.39. The fraction of sp³-hybridized carbons (Fsp3) is 0.280. The average Bonchev–Trinajstić information content (AvgIpc) is 2.82. The summed E-state index contributed by atoms with van der Waals surface area (Å²) in [6, 6.07) is 9.70. The van der Waals surface area contributed by atoms with Crippen LogP contribution in [0.15, 0.2) is 48.0 Å². The van der Waals surface area contributed by atoms with E-state index in [9.17, 15) is 19.2 Å². The molecule has 0 saturated carbocycles. The normalized spacial score (nSPS) is 14.9. The molecule has 1 fully saturated rings. The van der Waals surface area contributed by atoms with Crippen molar-refractivity contribution in [2.45, 2.75) is 32.6 Å². The Kier molecular flexibility index (Phi) is 8.43. The van der Waals surface area contributed by atoms with Gasteiger partial charge in [-0.15, -0.1) is 0 Å². The fourth-order valence-corrected chi connectivity index (χ4v) is 3.57. The van der Waals surface area contributed by atoms with Crippen LogP contribution in [-0.2, 0) is 14.3 Å². The van der Waals surface area contributed by atoms with E-state index >= 15 is 0 Å². The van der Waals surface area contributed by atoms with Gasteiger partial charge in [-0.2, -0.15) is 0 Å². The molecule has 1 heterocycles. The van der Waals surface area contributed by atoms with Gasteiger partial charge < -0.3 is 9.47 Å². The number of esters is 1. The van der Waals surface area contributed by atoms with Gasteiger partial charge >= 0.3 is 12.0 Å². The maximum Gasteiger partial charge on any atom is 0.337 e. The first kappa shape index (κ1) is 25.0. The van der Waals surface area contributed by atoms with Crippen LogP contribution in [0.3, 0.4) is 0 Å². The molecule has 8 nitrogen and oxygen atoms in total. The average molecular weight is 485 g/mol. The second-order valence-electron chi connectivity index (χ2n) is 7.59. The molecule has 1 N–H and O–H groups in total. The first-order valence-electron chi connectivity index (χ1n) is 10.9. The molecule has 4 amide bonds. The van der Waals surface area contributed by atoms with Crippen LogP contribution in [0.1, 0.15) is 48.5 Å². The van der Waals surface area contributed by atoms with Gasteiger partial charge in [0, 0.05) is 10.6 Å². The number of methoxy groups -OCH3 is 1. The molecule has 0 aromatic heterocycles. The lowest BCUT2D eigenvalue weighted by Gasteiger charge is -2.26. The van der Waals surface area contributed by atoms with Crippen molar-refractivity contribution in [2.24, 2.45) is 0 Å². The Morgan fingerprint density at radius 1 is 1.06 bits per heavy atom. The van der Waals surface area contributed by atoms with Crippen molar-refractivity contribution in [1.82, 2.24) is 5.32 Å². The van der Waals surface area contributed by atoms with Crippen molar-refractivity contribution in [3.63, 3.8) is 0 Å². The Morgan fingerprint density at radius 3 is 2.47 bits per heavy atom. The number of rotatable bonds is 9. The molecule has 34 heavy (non-hydrogen) atoms. The number of urea groups is 1. The van der Waals surface area contributed by atoms with E-state index in [1.54, 1.807) is 18.2 Å². The van der Waals surface area contributed by atoms with Crippen LogP contribution < -0.4 is 15.0 Å². The van der Waals surface area contributed by atoms with E-state index in [2.05, 4.69) is 17.0 Å². The number of barbiturate groups is 1. The quantitative estimate of drug-likeness (QED) is 0.238. The summed E-state index contributed by atoms with van der Waals surface area (Å²) in [5.74, 6) is -1.72. The number of carbonyl (C=O) groups is 4. The Labute approximate surface area is 202 Å². The van der Waals surface area contributed by atoms with Crippen molar-refractivity contribution < 1.29 is 28.7 Å². The molecular weight excluding hydrogens is 460 g/mol. The van der Waals surface area contributed by atoms with E-state index in [1.807, 2.05) is 0 Å². The van der Waals surface area contributed by atoms with Crippen LogP contribution in [0.2, 0.25) is 5.02 Å². The molecule has 0 aliphatic carbocycles. The highest BCUT2D eigenvalue weighted by molar-refractivity contribution is 6.39. The summed E-state index contributed by atoms with van der Waals surface area (Å²) >= 11 is 6.14. The summed E-state index contributed by atoms with van der Waals surface area (Å²) in [6.45, 7) is 2.60. The first-order valence-corrected chi connectivity index (χ1v) is 11.3. The summed E-state index contributed by atoms with van der Waals surface area (Å²) < 4.78 is 10.5. The van der Waals surface area contributed by atoms with Crippen LogP contribution in [0.25, 0.3) is 6.08 Å². The third kappa shape index (κ3) is 5.82. The summed E-state index contributed by atoms with van der Waals surface area (Å²) in [4.78, 5) is 50.6.